The summed E-state index contributed by atoms with van der Waals surface area (Å²) in [4.78, 5) is 24.2. The molecule has 3 heterocycles. The van der Waals surface area contributed by atoms with Crippen LogP contribution in [-0.4, -0.2) is 60.8 Å². The number of pyridine rings is 1. The molecule has 0 aliphatic heterocycles. The van der Waals surface area contributed by atoms with E-state index in [2.05, 4.69) is 25.4 Å². The standard InChI is InChI=1S/C20H27N7O5/c1-3-4-12(7-8-28)24-18-17-14(25-20(26-18)32-19(21)30)9-22-27(17)10-15-16(31-2)6-5-13(11-29)23-15/h5-6,9,12,28-29H,3-4,7-8,10-11H2,1-2H3,(H2,21,30)(H,24,25,26). The minimum absolute atomic E-state index is 0.00483. The average molecular weight is 445 g/mol. The van der Waals surface area contributed by atoms with Gasteiger partial charge in [0.2, 0.25) is 0 Å². The topological polar surface area (TPSA) is 171 Å². The molecule has 172 valence electrons. The number of hydrogen-bond acceptors (Lipinski definition) is 10. The zero-order chi connectivity index (χ0) is 23.1. The summed E-state index contributed by atoms with van der Waals surface area (Å²) in [6, 6.07) is 3.13. The molecule has 3 rings (SSSR count). The molecule has 5 N–H and O–H groups in total. The fourth-order valence-corrected chi connectivity index (χ4v) is 3.38. The number of nitrogens with zero attached hydrogens (tertiary/aromatic N) is 5. The Bertz CT molecular complexity index is 1070. The van der Waals surface area contributed by atoms with Gasteiger partial charge in [0.1, 0.15) is 22.5 Å². The molecule has 1 atom stereocenters. The third-order valence-electron chi connectivity index (χ3n) is 4.79. The number of aromatic nitrogens is 5. The smallest absolute Gasteiger partial charge is 0.412 e. The first-order chi connectivity index (χ1) is 15.5. The van der Waals surface area contributed by atoms with Gasteiger partial charge in [0.05, 0.1) is 32.2 Å². The second-order valence-corrected chi connectivity index (χ2v) is 7.06. The number of amides is 1. The van der Waals surface area contributed by atoms with Crippen molar-refractivity contribution in [2.24, 2.45) is 5.73 Å². The highest BCUT2D eigenvalue weighted by Gasteiger charge is 2.19. The molecular weight excluding hydrogens is 418 g/mol. The van der Waals surface area contributed by atoms with Crippen LogP contribution >= 0.6 is 0 Å². The average Bonchev–Trinajstić information content (AvgIpc) is 3.16. The summed E-state index contributed by atoms with van der Waals surface area (Å²) >= 11 is 0. The largest absolute Gasteiger partial charge is 0.495 e. The number of carbonyl (C=O) groups excluding carboxylic acids is 1. The van der Waals surface area contributed by atoms with E-state index in [-0.39, 0.29) is 31.8 Å². The molecule has 3 aromatic rings. The van der Waals surface area contributed by atoms with Crippen LogP contribution in [0.5, 0.6) is 11.8 Å². The molecule has 1 unspecified atom stereocenters. The Morgan fingerprint density at radius 3 is 2.72 bits per heavy atom. The van der Waals surface area contributed by atoms with E-state index in [1.54, 1.807) is 16.8 Å². The Morgan fingerprint density at radius 1 is 1.25 bits per heavy atom. The van der Waals surface area contributed by atoms with Gasteiger partial charge in [-0.15, -0.1) is 0 Å². The first kappa shape index (κ1) is 23.2. The molecule has 3 aromatic heterocycles. The molecule has 0 saturated heterocycles. The van der Waals surface area contributed by atoms with Gasteiger partial charge >= 0.3 is 12.1 Å². The van der Waals surface area contributed by atoms with Gasteiger partial charge in [-0.1, -0.05) is 13.3 Å². The normalized spacial score (nSPS) is 12.0. The summed E-state index contributed by atoms with van der Waals surface area (Å²) in [6.45, 7) is 2.05. The molecule has 12 nitrogen and oxygen atoms in total. The number of fused-ring (bicyclic) bond motifs is 1. The molecule has 0 saturated carbocycles. The molecule has 0 radical (unpaired) electrons. The Labute approximate surface area is 184 Å². The van der Waals surface area contributed by atoms with Crippen LogP contribution in [0.4, 0.5) is 10.6 Å². The van der Waals surface area contributed by atoms with Crippen molar-refractivity contribution in [1.29, 1.82) is 0 Å². The summed E-state index contributed by atoms with van der Waals surface area (Å²) < 4.78 is 11.9. The van der Waals surface area contributed by atoms with Crippen molar-refractivity contribution in [3.8, 4) is 11.8 Å². The van der Waals surface area contributed by atoms with Gasteiger partial charge in [-0.25, -0.2) is 9.78 Å². The van der Waals surface area contributed by atoms with Crippen LogP contribution in [0.2, 0.25) is 0 Å². The molecule has 0 aliphatic carbocycles. The Hall–Kier alpha value is -3.51. The van der Waals surface area contributed by atoms with E-state index in [1.165, 1.54) is 13.3 Å². The van der Waals surface area contributed by atoms with E-state index in [0.29, 0.717) is 40.4 Å². The second kappa shape index (κ2) is 10.7. The minimum Gasteiger partial charge on any atom is -0.495 e. The summed E-state index contributed by atoms with van der Waals surface area (Å²) in [5.74, 6) is 0.923. The van der Waals surface area contributed by atoms with E-state index in [4.69, 9.17) is 15.2 Å². The number of methoxy groups -OCH3 is 1. The molecular formula is C20H27N7O5. The van der Waals surface area contributed by atoms with Crippen LogP contribution in [0.3, 0.4) is 0 Å². The van der Waals surface area contributed by atoms with Crippen LogP contribution in [0, 0.1) is 0 Å². The molecule has 32 heavy (non-hydrogen) atoms. The van der Waals surface area contributed by atoms with Gasteiger partial charge in [-0.05, 0) is 25.0 Å². The monoisotopic (exact) mass is 445 g/mol. The van der Waals surface area contributed by atoms with E-state index in [1.807, 2.05) is 6.92 Å². The SMILES string of the molecule is CCCC(CCO)Nc1nc(OC(N)=O)nc2cnn(Cc3nc(CO)ccc3OC)c12. The lowest BCUT2D eigenvalue weighted by atomic mass is 10.1. The van der Waals surface area contributed by atoms with Crippen LogP contribution in [0.1, 0.15) is 37.6 Å². The van der Waals surface area contributed by atoms with Crippen LogP contribution in [0.15, 0.2) is 18.3 Å². The fourth-order valence-electron chi connectivity index (χ4n) is 3.38. The van der Waals surface area contributed by atoms with Gasteiger partial charge in [0, 0.05) is 12.6 Å². The summed E-state index contributed by atoms with van der Waals surface area (Å²) in [7, 11) is 1.54. The van der Waals surface area contributed by atoms with E-state index in [0.717, 1.165) is 12.8 Å². The quantitative estimate of drug-likeness (QED) is 0.336. The molecule has 0 fully saturated rings. The zero-order valence-electron chi connectivity index (χ0n) is 18.0. The predicted molar refractivity (Wildman–Crippen MR) is 115 cm³/mol. The van der Waals surface area contributed by atoms with Gasteiger partial charge < -0.3 is 30.7 Å². The van der Waals surface area contributed by atoms with Crippen LogP contribution in [-0.2, 0) is 13.2 Å². The number of aliphatic hydroxyl groups is 2. The van der Waals surface area contributed by atoms with E-state index < -0.39 is 6.09 Å². The first-order valence-electron chi connectivity index (χ1n) is 10.2. The summed E-state index contributed by atoms with van der Waals surface area (Å²) in [5.41, 5.74) is 7.16. The maximum Gasteiger partial charge on any atom is 0.412 e. The lowest BCUT2D eigenvalue weighted by Crippen LogP contribution is -2.23. The van der Waals surface area contributed by atoms with Gasteiger partial charge in [0.25, 0.3) is 0 Å². The molecule has 0 bridgehead atoms. The number of primary amides is 1. The highest BCUT2D eigenvalue weighted by Crippen LogP contribution is 2.27. The third kappa shape index (κ3) is 5.39. The number of aliphatic hydroxyl groups excluding tert-OH is 2. The predicted octanol–water partition coefficient (Wildman–Crippen LogP) is 1.19. The number of rotatable bonds is 11. The minimum atomic E-state index is -1.03. The van der Waals surface area contributed by atoms with Crippen molar-refractivity contribution in [3.05, 3.63) is 29.7 Å². The maximum atomic E-state index is 11.2. The number of nitrogens with two attached hydrogens (primary N) is 1. The Balaban J connectivity index is 2.07. The van der Waals surface area contributed by atoms with Crippen molar-refractivity contribution >= 4 is 22.9 Å². The Kier molecular flexibility index (Phi) is 7.73. The van der Waals surface area contributed by atoms with E-state index in [9.17, 15) is 15.0 Å². The van der Waals surface area contributed by atoms with Gasteiger partial charge in [-0.2, -0.15) is 15.1 Å². The molecule has 0 aromatic carbocycles. The van der Waals surface area contributed by atoms with Crippen molar-refractivity contribution in [1.82, 2.24) is 24.7 Å². The summed E-state index contributed by atoms with van der Waals surface area (Å²) in [6.07, 6.45) is 2.68. The van der Waals surface area contributed by atoms with Crippen molar-refractivity contribution < 1.29 is 24.5 Å². The van der Waals surface area contributed by atoms with E-state index >= 15 is 0 Å². The summed E-state index contributed by atoms with van der Waals surface area (Å²) in [5, 5.41) is 26.6. The maximum absolute atomic E-state index is 11.2. The van der Waals surface area contributed by atoms with Crippen LogP contribution < -0.4 is 20.5 Å². The highest BCUT2D eigenvalue weighted by molar-refractivity contribution is 5.86. The Morgan fingerprint density at radius 2 is 2.06 bits per heavy atom. The van der Waals surface area contributed by atoms with Crippen molar-refractivity contribution in [3.63, 3.8) is 0 Å². The number of nitrogens with one attached hydrogen (secondary N) is 1. The highest BCUT2D eigenvalue weighted by atomic mass is 16.6. The number of carbonyl (C=O) groups is 1. The fraction of sp³-hybridized carbons (Fsp3) is 0.450. The lowest BCUT2D eigenvalue weighted by molar-refractivity contribution is 0.207. The lowest BCUT2D eigenvalue weighted by Gasteiger charge is -2.19. The van der Waals surface area contributed by atoms with Crippen molar-refractivity contribution in [2.75, 3.05) is 19.0 Å². The van der Waals surface area contributed by atoms with Gasteiger partial charge in [-0.3, -0.25) is 4.68 Å². The zero-order valence-corrected chi connectivity index (χ0v) is 18.0. The first-order valence-corrected chi connectivity index (χ1v) is 10.2. The molecule has 0 spiro atoms. The molecule has 0 aliphatic rings. The van der Waals surface area contributed by atoms with Crippen LogP contribution in [0.25, 0.3) is 11.0 Å². The second-order valence-electron chi connectivity index (χ2n) is 7.06. The third-order valence-corrected chi connectivity index (χ3v) is 4.79. The molecule has 1 amide bonds. The van der Waals surface area contributed by atoms with Crippen molar-refractivity contribution in [2.45, 2.75) is 45.4 Å². The number of anilines is 1. The van der Waals surface area contributed by atoms with Gasteiger partial charge in [0.15, 0.2) is 5.82 Å². The number of hydrogen-bond donors (Lipinski definition) is 4. The number of ether oxygens (including phenoxy) is 2. The molecule has 12 heteroatoms.